The lowest BCUT2D eigenvalue weighted by Crippen LogP contribution is -2.37. The average molecular weight is 305 g/mol. The molecule has 2 atom stereocenters. The van der Waals surface area contributed by atoms with Gasteiger partial charge in [0.2, 0.25) is 0 Å². The minimum atomic E-state index is -0.252. The van der Waals surface area contributed by atoms with Gasteiger partial charge in [-0.3, -0.25) is 0 Å². The zero-order chi connectivity index (χ0) is 16.1. The zero-order valence-corrected chi connectivity index (χ0v) is 13.2. The van der Waals surface area contributed by atoms with Gasteiger partial charge in [-0.2, -0.15) is 5.26 Å². The first-order chi connectivity index (χ1) is 10.5. The van der Waals surface area contributed by atoms with Crippen molar-refractivity contribution in [2.75, 3.05) is 18.0 Å². The molecule has 1 saturated heterocycles. The van der Waals surface area contributed by atoms with Gasteiger partial charge in [0, 0.05) is 30.9 Å². The number of aliphatic hydroxyl groups is 1. The molecule has 0 bridgehead atoms. The molecule has 1 heterocycles. The van der Waals surface area contributed by atoms with E-state index in [9.17, 15) is 9.50 Å². The van der Waals surface area contributed by atoms with E-state index in [-0.39, 0.29) is 24.0 Å². The van der Waals surface area contributed by atoms with Crippen molar-refractivity contribution in [3.63, 3.8) is 0 Å². The molecule has 5 heteroatoms. The number of hydrogen-bond acceptors (Lipinski definition) is 4. The lowest BCUT2D eigenvalue weighted by Gasteiger charge is -2.34. The standard InChI is InChI=1S/C17H24FN3O/c1-12(5-8-19)20-13(2)16-11-14(18)3-4-17(16)21-9-6-15(22)7-10-21/h3-4,11-13,15,20,22H,5-7,9-10H2,1-2H3. The monoisotopic (exact) mass is 305 g/mol. The first-order valence-corrected chi connectivity index (χ1v) is 7.86. The maximum Gasteiger partial charge on any atom is 0.123 e. The summed E-state index contributed by atoms with van der Waals surface area (Å²) in [5, 5.41) is 21.8. The smallest absolute Gasteiger partial charge is 0.123 e. The third-order valence-electron chi connectivity index (χ3n) is 4.19. The number of nitriles is 1. The molecule has 1 aliphatic rings. The van der Waals surface area contributed by atoms with E-state index < -0.39 is 0 Å². The summed E-state index contributed by atoms with van der Waals surface area (Å²) in [7, 11) is 0. The van der Waals surface area contributed by atoms with Crippen LogP contribution < -0.4 is 10.2 Å². The number of hydrogen-bond donors (Lipinski definition) is 2. The second-order valence-corrected chi connectivity index (χ2v) is 6.07. The Bertz CT molecular complexity index is 535. The molecule has 1 fully saturated rings. The molecule has 0 aliphatic carbocycles. The van der Waals surface area contributed by atoms with Crippen molar-refractivity contribution in [2.45, 2.75) is 51.3 Å². The molecule has 0 aromatic heterocycles. The van der Waals surface area contributed by atoms with Gasteiger partial charge in [-0.1, -0.05) is 0 Å². The molecule has 1 aromatic carbocycles. The number of aliphatic hydroxyl groups excluding tert-OH is 1. The molecule has 1 aliphatic heterocycles. The van der Waals surface area contributed by atoms with Crippen molar-refractivity contribution in [3.05, 3.63) is 29.6 Å². The highest BCUT2D eigenvalue weighted by Crippen LogP contribution is 2.30. The van der Waals surface area contributed by atoms with Crippen molar-refractivity contribution >= 4 is 5.69 Å². The SMILES string of the molecule is CC(CC#N)NC(C)c1cc(F)ccc1N1CCC(O)CC1. The average Bonchev–Trinajstić information content (AvgIpc) is 2.48. The van der Waals surface area contributed by atoms with Crippen LogP contribution in [-0.4, -0.2) is 30.3 Å². The normalized spacial score (nSPS) is 18.8. The van der Waals surface area contributed by atoms with E-state index in [4.69, 9.17) is 5.26 Å². The highest BCUT2D eigenvalue weighted by molar-refractivity contribution is 5.55. The Morgan fingerprint density at radius 3 is 2.73 bits per heavy atom. The molecule has 2 N–H and O–H groups in total. The van der Waals surface area contributed by atoms with Gasteiger partial charge in [0.05, 0.1) is 18.6 Å². The second kappa shape index (κ2) is 7.57. The van der Waals surface area contributed by atoms with Crippen LogP contribution in [-0.2, 0) is 0 Å². The van der Waals surface area contributed by atoms with Crippen molar-refractivity contribution in [1.82, 2.24) is 5.32 Å². The van der Waals surface area contributed by atoms with Crippen LogP contribution in [0, 0.1) is 17.1 Å². The summed E-state index contributed by atoms with van der Waals surface area (Å²) in [5.41, 5.74) is 1.92. The van der Waals surface area contributed by atoms with Crippen LogP contribution >= 0.6 is 0 Å². The molecule has 2 unspecified atom stereocenters. The van der Waals surface area contributed by atoms with E-state index in [0.29, 0.717) is 6.42 Å². The van der Waals surface area contributed by atoms with Gasteiger partial charge >= 0.3 is 0 Å². The van der Waals surface area contributed by atoms with Crippen molar-refractivity contribution in [2.24, 2.45) is 0 Å². The van der Waals surface area contributed by atoms with Crippen LogP contribution in [0.4, 0.5) is 10.1 Å². The zero-order valence-electron chi connectivity index (χ0n) is 13.2. The Morgan fingerprint density at radius 1 is 1.41 bits per heavy atom. The topological polar surface area (TPSA) is 59.3 Å². The second-order valence-electron chi connectivity index (χ2n) is 6.07. The van der Waals surface area contributed by atoms with Gasteiger partial charge in [0.15, 0.2) is 0 Å². The van der Waals surface area contributed by atoms with Crippen LogP contribution in [0.25, 0.3) is 0 Å². The molecule has 4 nitrogen and oxygen atoms in total. The lowest BCUT2D eigenvalue weighted by molar-refractivity contribution is 0.145. The van der Waals surface area contributed by atoms with Gasteiger partial charge in [0.1, 0.15) is 5.82 Å². The summed E-state index contributed by atoms with van der Waals surface area (Å²) in [6, 6.07) is 7.02. The number of benzene rings is 1. The van der Waals surface area contributed by atoms with E-state index >= 15 is 0 Å². The third-order valence-corrected chi connectivity index (χ3v) is 4.19. The molecule has 0 saturated carbocycles. The predicted molar refractivity (Wildman–Crippen MR) is 85.1 cm³/mol. The Labute approximate surface area is 131 Å². The van der Waals surface area contributed by atoms with Crippen molar-refractivity contribution in [3.8, 4) is 6.07 Å². The summed E-state index contributed by atoms with van der Waals surface area (Å²) in [6.07, 6.45) is 1.67. The van der Waals surface area contributed by atoms with Crippen LogP contribution in [0.1, 0.15) is 44.7 Å². The van der Waals surface area contributed by atoms with Crippen molar-refractivity contribution in [1.29, 1.82) is 5.26 Å². The number of anilines is 1. The highest BCUT2D eigenvalue weighted by Gasteiger charge is 2.22. The molecule has 0 amide bonds. The van der Waals surface area contributed by atoms with E-state index in [0.717, 1.165) is 37.2 Å². The Kier molecular flexibility index (Phi) is 5.76. The van der Waals surface area contributed by atoms with Crippen LogP contribution in [0.15, 0.2) is 18.2 Å². The quantitative estimate of drug-likeness (QED) is 0.878. The maximum atomic E-state index is 13.7. The molecule has 120 valence electrons. The van der Waals surface area contributed by atoms with E-state index in [1.807, 2.05) is 19.9 Å². The number of rotatable bonds is 5. The van der Waals surface area contributed by atoms with Gasteiger partial charge < -0.3 is 15.3 Å². The van der Waals surface area contributed by atoms with Gasteiger partial charge in [-0.15, -0.1) is 0 Å². The molecule has 0 spiro atoms. The van der Waals surface area contributed by atoms with Gasteiger partial charge in [0.25, 0.3) is 0 Å². The van der Waals surface area contributed by atoms with Gasteiger partial charge in [-0.05, 0) is 50.5 Å². The molecule has 2 rings (SSSR count). The fraction of sp³-hybridized carbons (Fsp3) is 0.588. The molecular weight excluding hydrogens is 281 g/mol. The van der Waals surface area contributed by atoms with Crippen LogP contribution in [0.2, 0.25) is 0 Å². The first kappa shape index (κ1) is 16.7. The summed E-state index contributed by atoms with van der Waals surface area (Å²) in [4.78, 5) is 2.20. The van der Waals surface area contributed by atoms with Crippen LogP contribution in [0.3, 0.4) is 0 Å². The van der Waals surface area contributed by atoms with Crippen molar-refractivity contribution < 1.29 is 9.50 Å². The Hall–Kier alpha value is -1.64. The Balaban J connectivity index is 2.18. The fourth-order valence-corrected chi connectivity index (χ4v) is 2.98. The molecule has 1 aromatic rings. The molecule has 0 radical (unpaired) electrons. The highest BCUT2D eigenvalue weighted by atomic mass is 19.1. The minimum Gasteiger partial charge on any atom is -0.393 e. The fourth-order valence-electron chi connectivity index (χ4n) is 2.98. The third kappa shape index (κ3) is 4.19. The number of nitrogens with one attached hydrogen (secondary N) is 1. The predicted octanol–water partition coefficient (Wildman–Crippen LogP) is 2.74. The summed E-state index contributed by atoms with van der Waals surface area (Å²) in [6.45, 7) is 5.50. The molecular formula is C17H24FN3O. The summed E-state index contributed by atoms with van der Waals surface area (Å²) >= 11 is 0. The number of nitrogens with zero attached hydrogens (tertiary/aromatic N) is 2. The number of halogens is 1. The van der Waals surface area contributed by atoms with E-state index in [1.54, 1.807) is 6.07 Å². The lowest BCUT2D eigenvalue weighted by atomic mass is 10.0. The largest absolute Gasteiger partial charge is 0.393 e. The Morgan fingerprint density at radius 2 is 2.09 bits per heavy atom. The summed E-state index contributed by atoms with van der Waals surface area (Å²) < 4.78 is 13.7. The van der Waals surface area contributed by atoms with E-state index in [1.165, 1.54) is 6.07 Å². The summed E-state index contributed by atoms with van der Waals surface area (Å²) in [5.74, 6) is -0.252. The minimum absolute atomic E-state index is 0.0408. The first-order valence-electron chi connectivity index (χ1n) is 7.86. The van der Waals surface area contributed by atoms with Gasteiger partial charge in [-0.25, -0.2) is 4.39 Å². The number of piperidine rings is 1. The van der Waals surface area contributed by atoms with E-state index in [2.05, 4.69) is 16.3 Å². The molecule has 22 heavy (non-hydrogen) atoms. The van der Waals surface area contributed by atoms with Crippen LogP contribution in [0.5, 0.6) is 0 Å². The maximum absolute atomic E-state index is 13.7.